The van der Waals surface area contributed by atoms with Gasteiger partial charge in [0.15, 0.2) is 0 Å². The van der Waals surface area contributed by atoms with E-state index in [2.05, 4.69) is 10.6 Å². The van der Waals surface area contributed by atoms with E-state index >= 15 is 0 Å². The normalized spacial score (nSPS) is 11.3. The van der Waals surface area contributed by atoms with Crippen molar-refractivity contribution in [2.75, 3.05) is 6.54 Å². The lowest BCUT2D eigenvalue weighted by Gasteiger charge is -2.15. The Morgan fingerprint density at radius 3 is 2.30 bits per heavy atom. The van der Waals surface area contributed by atoms with E-state index in [1.165, 1.54) is 0 Å². The number of amides is 2. The van der Waals surface area contributed by atoms with Crippen molar-refractivity contribution in [3.63, 3.8) is 0 Å². The van der Waals surface area contributed by atoms with Crippen molar-refractivity contribution in [1.29, 1.82) is 0 Å². The van der Waals surface area contributed by atoms with E-state index in [1.807, 2.05) is 0 Å². The topological polar surface area (TPSA) is 122 Å². The lowest BCUT2D eigenvalue weighted by Crippen LogP contribution is -2.43. The average molecular weight is 397 g/mol. The van der Waals surface area contributed by atoms with Crippen molar-refractivity contribution < 1.29 is 19.5 Å². The molecule has 0 aliphatic carbocycles. The number of halogens is 1. The Morgan fingerprint density at radius 2 is 1.85 bits per heavy atom. The van der Waals surface area contributed by atoms with Crippen LogP contribution in [0.15, 0.2) is 11.3 Å². The number of allylic oxidation sites excluding steroid dienone is 1. The number of hydrogen-bond donors (Lipinski definition) is 4. The van der Waals surface area contributed by atoms with Crippen molar-refractivity contribution >= 4 is 38.4 Å². The van der Waals surface area contributed by atoms with Crippen LogP contribution in [-0.4, -0.2) is 33.5 Å². The fourth-order valence-electron chi connectivity index (χ4n) is 1.38. The van der Waals surface area contributed by atoms with E-state index in [0.29, 0.717) is 25.0 Å². The molecular formula is C12H20IN3O4. The minimum Gasteiger partial charge on any atom is -0.480 e. The number of carboxylic acids is 1. The van der Waals surface area contributed by atoms with E-state index in [0.717, 1.165) is 0 Å². The number of nitrogens with two attached hydrogens (primary N) is 1. The Morgan fingerprint density at radius 1 is 1.25 bits per heavy atom. The monoisotopic (exact) mass is 397 g/mol. The van der Waals surface area contributed by atoms with Crippen LogP contribution >= 0.6 is 22.6 Å². The number of aliphatic carboxylic acids is 1. The van der Waals surface area contributed by atoms with Crippen LogP contribution in [0.2, 0.25) is 0 Å². The van der Waals surface area contributed by atoms with Crippen molar-refractivity contribution in [2.24, 2.45) is 5.73 Å². The van der Waals surface area contributed by atoms with Gasteiger partial charge in [-0.1, -0.05) is 0 Å². The molecule has 0 aromatic heterocycles. The molecule has 1 atom stereocenters. The standard InChI is InChI=1S/C12H20IN3O4/c1-7(2)9(14)10(17)16-8(11(18)19)5-3-4-6-15-12(13)20/h8H,3-6,14H2,1-2H3,(H,15,20)(H,16,17)(H,18,19)/t8-/m0/s1. The number of carbonyl (C=O) groups excluding carboxylic acids is 2. The molecule has 5 N–H and O–H groups in total. The van der Waals surface area contributed by atoms with Crippen LogP contribution < -0.4 is 16.4 Å². The van der Waals surface area contributed by atoms with Crippen LogP contribution in [-0.2, 0) is 9.59 Å². The first kappa shape index (κ1) is 18.7. The molecule has 0 unspecified atom stereocenters. The van der Waals surface area contributed by atoms with Crippen LogP contribution in [0.1, 0.15) is 33.1 Å². The minimum atomic E-state index is -1.10. The first-order valence-corrected chi connectivity index (χ1v) is 7.23. The second-order valence-electron chi connectivity index (χ2n) is 4.47. The van der Waals surface area contributed by atoms with Crippen LogP contribution in [0.25, 0.3) is 0 Å². The highest BCUT2D eigenvalue weighted by molar-refractivity contribution is 14.1. The van der Waals surface area contributed by atoms with Crippen LogP contribution in [0.4, 0.5) is 4.79 Å². The zero-order valence-corrected chi connectivity index (χ0v) is 13.7. The summed E-state index contributed by atoms with van der Waals surface area (Å²) in [6, 6.07) is -0.976. The molecule has 0 rings (SSSR count). The quantitative estimate of drug-likeness (QED) is 0.161. The largest absolute Gasteiger partial charge is 0.480 e. The zero-order valence-electron chi connectivity index (χ0n) is 11.5. The Hall–Kier alpha value is -1.32. The zero-order chi connectivity index (χ0) is 15.7. The van der Waals surface area contributed by atoms with Crippen molar-refractivity contribution in [3.8, 4) is 0 Å². The van der Waals surface area contributed by atoms with Crippen molar-refractivity contribution in [2.45, 2.75) is 39.2 Å². The fourth-order valence-corrected chi connectivity index (χ4v) is 1.65. The van der Waals surface area contributed by atoms with E-state index in [-0.39, 0.29) is 16.0 Å². The molecule has 2 amide bonds. The maximum Gasteiger partial charge on any atom is 0.326 e. The predicted octanol–water partition coefficient (Wildman–Crippen LogP) is 1.12. The number of nitrogens with one attached hydrogen (secondary N) is 2. The molecule has 0 bridgehead atoms. The summed E-state index contributed by atoms with van der Waals surface area (Å²) in [5, 5.41) is 14.0. The van der Waals surface area contributed by atoms with Gasteiger partial charge in [-0.15, -0.1) is 0 Å². The van der Waals surface area contributed by atoms with Gasteiger partial charge < -0.3 is 21.5 Å². The summed E-state index contributed by atoms with van der Waals surface area (Å²) in [5.41, 5.74) is 6.22. The fraction of sp³-hybridized carbons (Fsp3) is 0.583. The molecule has 0 aromatic rings. The molecule has 7 nitrogen and oxygen atoms in total. The molecule has 0 aliphatic heterocycles. The van der Waals surface area contributed by atoms with Gasteiger partial charge in [0.1, 0.15) is 6.04 Å². The number of carboxylic acid groups (broad SMARTS) is 1. The van der Waals surface area contributed by atoms with Gasteiger partial charge in [-0.3, -0.25) is 9.59 Å². The molecule has 0 fully saturated rings. The average Bonchev–Trinajstić information content (AvgIpc) is 2.34. The predicted molar refractivity (Wildman–Crippen MR) is 83.4 cm³/mol. The SMILES string of the molecule is CC(C)=C(N)C(=O)N[C@@H](CCCCNC(=O)I)C(=O)O. The van der Waals surface area contributed by atoms with Gasteiger partial charge in [0.2, 0.25) is 0 Å². The number of rotatable bonds is 8. The highest BCUT2D eigenvalue weighted by Gasteiger charge is 2.20. The summed E-state index contributed by atoms with van der Waals surface area (Å²) in [4.78, 5) is 33.4. The molecule has 20 heavy (non-hydrogen) atoms. The van der Waals surface area contributed by atoms with Gasteiger partial charge in [-0.2, -0.15) is 0 Å². The van der Waals surface area contributed by atoms with Crippen LogP contribution in [0, 0.1) is 0 Å². The van der Waals surface area contributed by atoms with Crippen LogP contribution in [0.3, 0.4) is 0 Å². The first-order valence-electron chi connectivity index (χ1n) is 6.15. The molecule has 0 spiro atoms. The smallest absolute Gasteiger partial charge is 0.326 e. The summed E-state index contributed by atoms with van der Waals surface area (Å²) in [6.45, 7) is 3.84. The molecule has 8 heteroatoms. The van der Waals surface area contributed by atoms with Gasteiger partial charge in [0.05, 0.1) is 5.70 Å². The van der Waals surface area contributed by atoms with Crippen molar-refractivity contribution in [1.82, 2.24) is 10.6 Å². The summed E-state index contributed by atoms with van der Waals surface area (Å²) in [7, 11) is 0. The third kappa shape index (κ3) is 7.97. The first-order chi connectivity index (χ1) is 9.25. The Bertz CT molecular complexity index is 406. The summed E-state index contributed by atoms with van der Waals surface area (Å²) < 4.78 is -0.151. The second-order valence-corrected chi connectivity index (χ2v) is 5.45. The van der Waals surface area contributed by atoms with Gasteiger partial charge in [-0.25, -0.2) is 4.79 Å². The molecule has 0 aliphatic rings. The highest BCUT2D eigenvalue weighted by Crippen LogP contribution is 2.03. The van der Waals surface area contributed by atoms with E-state index in [1.54, 1.807) is 36.4 Å². The van der Waals surface area contributed by atoms with Crippen LogP contribution in [0.5, 0.6) is 0 Å². The number of hydrogen-bond acceptors (Lipinski definition) is 4. The molecule has 0 radical (unpaired) electrons. The van der Waals surface area contributed by atoms with Gasteiger partial charge in [0.25, 0.3) is 9.82 Å². The third-order valence-electron chi connectivity index (χ3n) is 2.57. The Labute approximate surface area is 131 Å². The maximum absolute atomic E-state index is 11.7. The maximum atomic E-state index is 11.7. The number of unbranched alkanes of at least 4 members (excludes halogenated alkanes) is 1. The van der Waals surface area contributed by atoms with Gasteiger partial charge in [0, 0.05) is 29.1 Å². The third-order valence-corrected chi connectivity index (χ3v) is 2.95. The minimum absolute atomic E-state index is 0.0356. The summed E-state index contributed by atoms with van der Waals surface area (Å²) in [5.74, 6) is -1.67. The number of carbonyl (C=O) groups is 3. The summed E-state index contributed by atoms with van der Waals surface area (Å²) >= 11 is 1.63. The lowest BCUT2D eigenvalue weighted by atomic mass is 10.1. The Balaban J connectivity index is 4.25. The molecular weight excluding hydrogens is 377 g/mol. The van der Waals surface area contributed by atoms with E-state index in [9.17, 15) is 14.4 Å². The molecule has 0 aromatic carbocycles. The second kappa shape index (κ2) is 9.56. The van der Waals surface area contributed by atoms with Gasteiger partial charge >= 0.3 is 5.97 Å². The summed E-state index contributed by atoms with van der Waals surface area (Å²) in [6.07, 6.45) is 1.50. The molecule has 0 saturated carbocycles. The molecule has 0 heterocycles. The molecule has 114 valence electrons. The van der Waals surface area contributed by atoms with E-state index in [4.69, 9.17) is 10.8 Å². The van der Waals surface area contributed by atoms with Crippen molar-refractivity contribution in [3.05, 3.63) is 11.3 Å². The highest BCUT2D eigenvalue weighted by atomic mass is 127. The van der Waals surface area contributed by atoms with Gasteiger partial charge in [-0.05, 0) is 38.7 Å². The lowest BCUT2D eigenvalue weighted by molar-refractivity contribution is -0.141. The Kier molecular flexibility index (Phi) is 8.93. The molecule has 0 saturated heterocycles. The van der Waals surface area contributed by atoms with E-state index < -0.39 is 17.9 Å².